The van der Waals surface area contributed by atoms with Crippen molar-refractivity contribution in [2.75, 3.05) is 23.7 Å². The molecule has 1 aliphatic heterocycles. The molecule has 104 valence electrons. The van der Waals surface area contributed by atoms with E-state index in [0.29, 0.717) is 28.1 Å². The molecule has 0 spiro atoms. The highest BCUT2D eigenvalue weighted by Gasteiger charge is 2.27. The van der Waals surface area contributed by atoms with Crippen LogP contribution in [0.2, 0.25) is 5.02 Å². The number of halogens is 1. The van der Waals surface area contributed by atoms with Gasteiger partial charge in [0.1, 0.15) is 0 Å². The number of rotatable bonds is 2. The zero-order valence-corrected chi connectivity index (χ0v) is 12.1. The summed E-state index contributed by atoms with van der Waals surface area (Å²) in [4.78, 5) is 13.7. The number of anilines is 2. The van der Waals surface area contributed by atoms with Crippen molar-refractivity contribution in [3.05, 3.63) is 22.7 Å². The standard InChI is InChI=1S/C14H20ClN3O/c1-8-3-4-18(7-9(8)2)13-11(14(17)19)5-10(16)6-12(13)15/h5-6,8-9H,3-4,7,16H2,1-2H3,(H2,17,19). The second-order valence-corrected chi connectivity index (χ2v) is 5.86. The third kappa shape index (κ3) is 2.78. The van der Waals surface area contributed by atoms with Crippen LogP contribution in [0.1, 0.15) is 30.6 Å². The van der Waals surface area contributed by atoms with Crippen LogP contribution in [0.15, 0.2) is 12.1 Å². The summed E-state index contributed by atoms with van der Waals surface area (Å²) in [6.07, 6.45) is 1.08. The number of primary amides is 1. The van der Waals surface area contributed by atoms with Gasteiger partial charge in [0.2, 0.25) is 0 Å². The molecular formula is C14H20ClN3O. The molecule has 0 bridgehead atoms. The normalized spacial score (nSPS) is 23.4. The summed E-state index contributed by atoms with van der Waals surface area (Å²) < 4.78 is 0. The van der Waals surface area contributed by atoms with E-state index in [-0.39, 0.29) is 0 Å². The molecule has 4 N–H and O–H groups in total. The summed E-state index contributed by atoms with van der Waals surface area (Å²) in [6, 6.07) is 3.28. The maximum atomic E-state index is 11.6. The second kappa shape index (κ2) is 5.29. The minimum Gasteiger partial charge on any atom is -0.399 e. The lowest BCUT2D eigenvalue weighted by atomic mass is 9.88. The van der Waals surface area contributed by atoms with Gasteiger partial charge in [0.25, 0.3) is 5.91 Å². The van der Waals surface area contributed by atoms with E-state index < -0.39 is 5.91 Å². The Labute approximate surface area is 118 Å². The molecule has 1 saturated heterocycles. The highest BCUT2D eigenvalue weighted by molar-refractivity contribution is 6.34. The molecule has 19 heavy (non-hydrogen) atoms. The van der Waals surface area contributed by atoms with Crippen LogP contribution in [-0.2, 0) is 0 Å². The van der Waals surface area contributed by atoms with Crippen LogP contribution in [0.4, 0.5) is 11.4 Å². The minimum absolute atomic E-state index is 0.409. The summed E-state index contributed by atoms with van der Waals surface area (Å²) in [5, 5.41) is 0.496. The van der Waals surface area contributed by atoms with E-state index in [1.807, 2.05) is 0 Å². The Kier molecular flexibility index (Phi) is 3.90. The van der Waals surface area contributed by atoms with Crippen molar-refractivity contribution in [1.29, 1.82) is 0 Å². The SMILES string of the molecule is CC1CCN(c2c(Cl)cc(N)cc2C(N)=O)CC1C. The molecule has 1 aliphatic rings. The van der Waals surface area contributed by atoms with Crippen LogP contribution in [0.3, 0.4) is 0 Å². The summed E-state index contributed by atoms with van der Waals surface area (Å²) in [6.45, 7) is 6.23. The average Bonchev–Trinajstić information content (AvgIpc) is 2.32. The van der Waals surface area contributed by atoms with Crippen LogP contribution in [0, 0.1) is 11.8 Å². The van der Waals surface area contributed by atoms with Crippen molar-refractivity contribution < 1.29 is 4.79 Å². The maximum Gasteiger partial charge on any atom is 0.250 e. The molecule has 0 aliphatic carbocycles. The fraction of sp³-hybridized carbons (Fsp3) is 0.500. The Morgan fingerprint density at radius 1 is 1.37 bits per heavy atom. The fourth-order valence-electron chi connectivity index (χ4n) is 2.60. The Morgan fingerprint density at radius 3 is 2.63 bits per heavy atom. The van der Waals surface area contributed by atoms with Crippen LogP contribution in [-0.4, -0.2) is 19.0 Å². The van der Waals surface area contributed by atoms with E-state index >= 15 is 0 Å². The van der Waals surface area contributed by atoms with Gasteiger partial charge in [-0.1, -0.05) is 25.4 Å². The number of benzene rings is 1. The number of carbonyl (C=O) groups excluding carboxylic acids is 1. The van der Waals surface area contributed by atoms with Gasteiger partial charge in [-0.25, -0.2) is 0 Å². The highest BCUT2D eigenvalue weighted by atomic mass is 35.5. The fourth-order valence-corrected chi connectivity index (χ4v) is 2.94. The Morgan fingerprint density at radius 2 is 2.05 bits per heavy atom. The van der Waals surface area contributed by atoms with Crippen molar-refractivity contribution in [3.63, 3.8) is 0 Å². The summed E-state index contributed by atoms with van der Waals surface area (Å²) in [5.41, 5.74) is 12.8. The Balaban J connectivity index is 2.41. The number of hydrogen-bond acceptors (Lipinski definition) is 3. The van der Waals surface area contributed by atoms with Gasteiger partial charge in [0.15, 0.2) is 0 Å². The first-order valence-corrected chi connectivity index (χ1v) is 6.91. The molecule has 4 nitrogen and oxygen atoms in total. The molecule has 2 rings (SSSR count). The Hall–Kier alpha value is -1.42. The summed E-state index contributed by atoms with van der Waals surface area (Å²) in [7, 11) is 0. The van der Waals surface area contributed by atoms with Crippen LogP contribution >= 0.6 is 11.6 Å². The van der Waals surface area contributed by atoms with E-state index in [1.165, 1.54) is 0 Å². The smallest absolute Gasteiger partial charge is 0.250 e. The third-order valence-corrected chi connectivity index (χ3v) is 4.29. The number of carbonyl (C=O) groups is 1. The molecule has 1 aromatic rings. The van der Waals surface area contributed by atoms with E-state index in [1.54, 1.807) is 12.1 Å². The first-order valence-electron chi connectivity index (χ1n) is 6.54. The molecule has 1 amide bonds. The number of hydrogen-bond donors (Lipinski definition) is 2. The van der Waals surface area contributed by atoms with Crippen LogP contribution in [0.5, 0.6) is 0 Å². The summed E-state index contributed by atoms with van der Waals surface area (Å²) in [5.74, 6) is 0.749. The lowest BCUT2D eigenvalue weighted by molar-refractivity contribution is 0.100. The van der Waals surface area contributed by atoms with Gasteiger partial charge in [-0.2, -0.15) is 0 Å². The molecular weight excluding hydrogens is 262 g/mol. The van der Waals surface area contributed by atoms with Gasteiger partial charge in [-0.05, 0) is 30.4 Å². The Bertz CT molecular complexity index is 504. The number of piperidine rings is 1. The predicted molar refractivity (Wildman–Crippen MR) is 79.5 cm³/mol. The molecule has 2 atom stereocenters. The zero-order valence-electron chi connectivity index (χ0n) is 11.3. The number of nitrogen functional groups attached to an aromatic ring is 1. The number of amides is 1. The molecule has 5 heteroatoms. The van der Waals surface area contributed by atoms with Crippen LogP contribution < -0.4 is 16.4 Å². The van der Waals surface area contributed by atoms with E-state index in [4.69, 9.17) is 23.1 Å². The van der Waals surface area contributed by atoms with E-state index in [2.05, 4.69) is 18.7 Å². The average molecular weight is 282 g/mol. The molecule has 1 fully saturated rings. The monoisotopic (exact) mass is 281 g/mol. The predicted octanol–water partition coefficient (Wildman–Crippen LogP) is 2.50. The maximum absolute atomic E-state index is 11.6. The number of nitrogens with two attached hydrogens (primary N) is 2. The number of nitrogens with zero attached hydrogens (tertiary/aromatic N) is 1. The molecule has 1 heterocycles. The van der Waals surface area contributed by atoms with Crippen molar-refractivity contribution in [3.8, 4) is 0 Å². The molecule has 0 aromatic heterocycles. The highest BCUT2D eigenvalue weighted by Crippen LogP contribution is 2.36. The van der Waals surface area contributed by atoms with Gasteiger partial charge < -0.3 is 16.4 Å². The topological polar surface area (TPSA) is 72.3 Å². The van der Waals surface area contributed by atoms with E-state index in [9.17, 15) is 4.79 Å². The first-order chi connectivity index (χ1) is 8.90. The van der Waals surface area contributed by atoms with Crippen molar-refractivity contribution in [2.24, 2.45) is 17.6 Å². The third-order valence-electron chi connectivity index (χ3n) is 4.00. The second-order valence-electron chi connectivity index (χ2n) is 5.45. The van der Waals surface area contributed by atoms with Gasteiger partial charge in [0, 0.05) is 18.8 Å². The summed E-state index contributed by atoms with van der Waals surface area (Å²) >= 11 is 6.27. The van der Waals surface area contributed by atoms with Gasteiger partial charge >= 0.3 is 0 Å². The molecule has 0 radical (unpaired) electrons. The zero-order chi connectivity index (χ0) is 14.2. The lowest BCUT2D eigenvalue weighted by Crippen LogP contribution is -2.39. The van der Waals surface area contributed by atoms with Crippen molar-refractivity contribution in [2.45, 2.75) is 20.3 Å². The van der Waals surface area contributed by atoms with Crippen LogP contribution in [0.25, 0.3) is 0 Å². The molecule has 1 aromatic carbocycles. The largest absolute Gasteiger partial charge is 0.399 e. The molecule has 0 saturated carbocycles. The van der Waals surface area contributed by atoms with Gasteiger partial charge in [0.05, 0.1) is 16.3 Å². The first kappa shape index (κ1) is 14.0. The van der Waals surface area contributed by atoms with Gasteiger partial charge in [-0.3, -0.25) is 4.79 Å². The van der Waals surface area contributed by atoms with Crippen molar-refractivity contribution in [1.82, 2.24) is 0 Å². The van der Waals surface area contributed by atoms with Gasteiger partial charge in [-0.15, -0.1) is 0 Å². The molecule has 2 unspecified atom stereocenters. The van der Waals surface area contributed by atoms with E-state index in [0.717, 1.165) is 25.2 Å². The van der Waals surface area contributed by atoms with Crippen molar-refractivity contribution >= 4 is 28.9 Å². The lowest BCUT2D eigenvalue weighted by Gasteiger charge is -2.38. The minimum atomic E-state index is -0.490. The quantitative estimate of drug-likeness (QED) is 0.818.